The van der Waals surface area contributed by atoms with Crippen LogP contribution in [0, 0.1) is 0 Å². The predicted octanol–water partition coefficient (Wildman–Crippen LogP) is 2.59. The van der Waals surface area contributed by atoms with Crippen LogP contribution in [0.1, 0.15) is 11.1 Å². The third kappa shape index (κ3) is 5.21. The molecule has 1 heterocycles. The molecule has 0 spiro atoms. The van der Waals surface area contributed by atoms with Crippen molar-refractivity contribution in [1.29, 1.82) is 0 Å². The zero-order chi connectivity index (χ0) is 18.4. The van der Waals surface area contributed by atoms with Crippen molar-refractivity contribution in [3.63, 3.8) is 0 Å². The van der Waals surface area contributed by atoms with E-state index in [1.165, 1.54) is 0 Å². The summed E-state index contributed by atoms with van der Waals surface area (Å²) in [6.45, 7) is 2.94. The van der Waals surface area contributed by atoms with Gasteiger partial charge < -0.3 is 20.9 Å². The normalized spacial score (nSPS) is 14.2. The molecule has 3 amide bonds. The molecule has 136 valence electrons. The van der Waals surface area contributed by atoms with Gasteiger partial charge in [0.2, 0.25) is 5.91 Å². The average molecular weight is 373 g/mol. The van der Waals surface area contributed by atoms with Gasteiger partial charge in [-0.1, -0.05) is 35.9 Å². The molecule has 1 aliphatic rings. The molecule has 7 heteroatoms. The number of halogens is 1. The first-order valence-electron chi connectivity index (χ1n) is 8.47. The predicted molar refractivity (Wildman–Crippen MR) is 102 cm³/mol. The highest BCUT2D eigenvalue weighted by atomic mass is 35.5. The van der Waals surface area contributed by atoms with Gasteiger partial charge in [-0.25, -0.2) is 4.79 Å². The van der Waals surface area contributed by atoms with Gasteiger partial charge in [0, 0.05) is 36.9 Å². The molecule has 1 saturated heterocycles. The number of carbonyl (C=O) groups is 2. The molecule has 6 nitrogen and oxygen atoms in total. The van der Waals surface area contributed by atoms with Gasteiger partial charge in [-0.05, 0) is 35.4 Å². The lowest BCUT2D eigenvalue weighted by Gasteiger charge is -2.27. The number of benzene rings is 2. The second-order valence-electron chi connectivity index (χ2n) is 6.12. The zero-order valence-electron chi connectivity index (χ0n) is 14.3. The topological polar surface area (TPSA) is 73.5 Å². The van der Waals surface area contributed by atoms with E-state index in [-0.39, 0.29) is 11.9 Å². The van der Waals surface area contributed by atoms with Crippen LogP contribution >= 0.6 is 11.6 Å². The van der Waals surface area contributed by atoms with Crippen molar-refractivity contribution in [2.45, 2.75) is 13.1 Å². The average Bonchev–Trinajstić information content (AvgIpc) is 2.65. The molecule has 3 N–H and O–H groups in total. The fraction of sp³-hybridized carbons (Fsp3) is 0.263. The van der Waals surface area contributed by atoms with E-state index in [0.717, 1.165) is 17.7 Å². The van der Waals surface area contributed by atoms with Crippen molar-refractivity contribution in [2.24, 2.45) is 0 Å². The van der Waals surface area contributed by atoms with Gasteiger partial charge >= 0.3 is 6.03 Å². The van der Waals surface area contributed by atoms with E-state index in [2.05, 4.69) is 16.0 Å². The lowest BCUT2D eigenvalue weighted by Crippen LogP contribution is -2.47. The van der Waals surface area contributed by atoms with Crippen LogP contribution in [0.4, 0.5) is 10.5 Å². The van der Waals surface area contributed by atoms with E-state index in [4.69, 9.17) is 11.6 Å². The number of urea groups is 1. The maximum Gasteiger partial charge on any atom is 0.319 e. The Balaban J connectivity index is 1.48. The number of amides is 3. The summed E-state index contributed by atoms with van der Waals surface area (Å²) in [7, 11) is 0. The Hall–Kier alpha value is -2.57. The SMILES string of the molecule is O=C(NCc1ccc(Cl)cc1)Nc1ccc(CN2CCNCC2=O)cc1. The Morgan fingerprint density at radius 1 is 1.08 bits per heavy atom. The third-order valence-corrected chi connectivity index (χ3v) is 4.39. The third-order valence-electron chi connectivity index (χ3n) is 4.14. The minimum absolute atomic E-state index is 0.111. The second kappa shape index (κ2) is 8.69. The molecule has 0 aliphatic carbocycles. The molecule has 3 rings (SSSR count). The second-order valence-corrected chi connectivity index (χ2v) is 6.56. The fourth-order valence-corrected chi connectivity index (χ4v) is 2.81. The van der Waals surface area contributed by atoms with Crippen molar-refractivity contribution in [1.82, 2.24) is 15.5 Å². The van der Waals surface area contributed by atoms with Crippen LogP contribution < -0.4 is 16.0 Å². The van der Waals surface area contributed by atoms with Crippen LogP contribution in [0.2, 0.25) is 5.02 Å². The number of anilines is 1. The van der Waals surface area contributed by atoms with Gasteiger partial charge in [0.15, 0.2) is 0 Å². The minimum atomic E-state index is -0.273. The Bertz CT molecular complexity index is 762. The number of carbonyl (C=O) groups excluding carboxylic acids is 2. The van der Waals surface area contributed by atoms with Gasteiger partial charge in [-0.15, -0.1) is 0 Å². The molecule has 0 aromatic heterocycles. The number of nitrogens with one attached hydrogen (secondary N) is 3. The number of hydrogen-bond donors (Lipinski definition) is 3. The smallest absolute Gasteiger partial charge is 0.319 e. The van der Waals surface area contributed by atoms with E-state index in [1.807, 2.05) is 41.3 Å². The molecule has 26 heavy (non-hydrogen) atoms. The lowest BCUT2D eigenvalue weighted by atomic mass is 10.2. The molecule has 0 atom stereocenters. The number of piperazine rings is 1. The van der Waals surface area contributed by atoms with Gasteiger partial charge in [0.05, 0.1) is 6.54 Å². The van der Waals surface area contributed by atoms with Crippen molar-refractivity contribution in [3.8, 4) is 0 Å². The highest BCUT2D eigenvalue weighted by Crippen LogP contribution is 2.13. The molecule has 2 aromatic rings. The number of nitrogens with zero attached hydrogens (tertiary/aromatic N) is 1. The Morgan fingerprint density at radius 3 is 2.46 bits per heavy atom. The minimum Gasteiger partial charge on any atom is -0.336 e. The van der Waals surface area contributed by atoms with Gasteiger partial charge in [-0.3, -0.25) is 4.79 Å². The fourth-order valence-electron chi connectivity index (χ4n) is 2.69. The molecule has 0 radical (unpaired) electrons. The molecular formula is C19H21ClN4O2. The Labute approximate surface area is 157 Å². The summed E-state index contributed by atoms with van der Waals surface area (Å²) in [4.78, 5) is 25.6. The number of rotatable bonds is 5. The van der Waals surface area contributed by atoms with Gasteiger partial charge in [0.1, 0.15) is 0 Å². The molecule has 0 saturated carbocycles. The van der Waals surface area contributed by atoms with E-state index >= 15 is 0 Å². The van der Waals surface area contributed by atoms with Crippen LogP contribution in [0.25, 0.3) is 0 Å². The van der Waals surface area contributed by atoms with E-state index in [0.29, 0.717) is 36.9 Å². The molecule has 1 fully saturated rings. The first-order valence-corrected chi connectivity index (χ1v) is 8.85. The highest BCUT2D eigenvalue weighted by Gasteiger charge is 2.17. The van der Waals surface area contributed by atoms with E-state index < -0.39 is 0 Å². The molecule has 1 aliphatic heterocycles. The summed E-state index contributed by atoms with van der Waals surface area (Å²) in [5.41, 5.74) is 2.71. The molecule has 0 bridgehead atoms. The van der Waals surface area contributed by atoms with E-state index in [1.54, 1.807) is 12.1 Å². The van der Waals surface area contributed by atoms with Crippen LogP contribution in [-0.4, -0.2) is 36.5 Å². The van der Waals surface area contributed by atoms with E-state index in [9.17, 15) is 9.59 Å². The van der Waals surface area contributed by atoms with Crippen molar-refractivity contribution < 1.29 is 9.59 Å². The molecule has 2 aromatic carbocycles. The standard InChI is InChI=1S/C19H21ClN4O2/c20-16-5-1-14(2-6-16)11-22-19(26)23-17-7-3-15(4-8-17)13-24-10-9-21-12-18(24)25/h1-8,21H,9-13H2,(H2,22,23,26). The first-order chi connectivity index (χ1) is 12.6. The van der Waals surface area contributed by atoms with Crippen LogP contribution in [0.15, 0.2) is 48.5 Å². The monoisotopic (exact) mass is 372 g/mol. The Kier molecular flexibility index (Phi) is 6.09. The van der Waals surface area contributed by atoms with Gasteiger partial charge in [0.25, 0.3) is 0 Å². The van der Waals surface area contributed by atoms with Crippen LogP contribution in [-0.2, 0) is 17.9 Å². The molecular weight excluding hydrogens is 352 g/mol. The molecule has 0 unspecified atom stereocenters. The summed E-state index contributed by atoms with van der Waals surface area (Å²) >= 11 is 5.84. The summed E-state index contributed by atoms with van der Waals surface area (Å²) in [5, 5.41) is 9.32. The first kappa shape index (κ1) is 18.2. The summed E-state index contributed by atoms with van der Waals surface area (Å²) < 4.78 is 0. The summed E-state index contributed by atoms with van der Waals surface area (Å²) in [6, 6.07) is 14.6. The van der Waals surface area contributed by atoms with Crippen molar-refractivity contribution in [3.05, 3.63) is 64.7 Å². The van der Waals surface area contributed by atoms with Crippen LogP contribution in [0.5, 0.6) is 0 Å². The summed E-state index contributed by atoms with van der Waals surface area (Å²) in [6.07, 6.45) is 0. The maximum absolute atomic E-state index is 12.0. The van der Waals surface area contributed by atoms with Crippen LogP contribution in [0.3, 0.4) is 0 Å². The van der Waals surface area contributed by atoms with Gasteiger partial charge in [-0.2, -0.15) is 0 Å². The lowest BCUT2D eigenvalue weighted by molar-refractivity contribution is -0.132. The highest BCUT2D eigenvalue weighted by molar-refractivity contribution is 6.30. The maximum atomic E-state index is 12.0. The summed E-state index contributed by atoms with van der Waals surface area (Å²) in [5.74, 6) is 0.111. The van der Waals surface area contributed by atoms with Crippen molar-refractivity contribution >= 4 is 29.2 Å². The largest absolute Gasteiger partial charge is 0.336 e. The Morgan fingerprint density at radius 2 is 1.77 bits per heavy atom. The van der Waals surface area contributed by atoms with Crippen molar-refractivity contribution in [2.75, 3.05) is 25.0 Å². The quantitative estimate of drug-likeness (QED) is 0.755. The zero-order valence-corrected chi connectivity index (χ0v) is 15.1. The number of hydrogen-bond acceptors (Lipinski definition) is 3.